The Hall–Kier alpha value is -4.26. The van der Waals surface area contributed by atoms with Crippen LogP contribution < -0.4 is 9.47 Å². The van der Waals surface area contributed by atoms with E-state index >= 15 is 0 Å². The molecule has 1 aliphatic carbocycles. The number of benzene rings is 3. The van der Waals surface area contributed by atoms with Crippen molar-refractivity contribution < 1.29 is 24.0 Å². The number of carbonyl (C=O) groups excluding carboxylic acids is 2. The number of hydrogen-bond donors (Lipinski definition) is 0. The fourth-order valence-electron chi connectivity index (χ4n) is 4.88. The van der Waals surface area contributed by atoms with Gasteiger partial charge in [-0.05, 0) is 53.8 Å². The van der Waals surface area contributed by atoms with Gasteiger partial charge < -0.3 is 9.47 Å². The van der Waals surface area contributed by atoms with E-state index in [9.17, 15) is 19.7 Å². The number of rotatable bonds is 8. The van der Waals surface area contributed by atoms with E-state index in [4.69, 9.17) is 9.47 Å². The van der Waals surface area contributed by atoms with Crippen LogP contribution in [0.2, 0.25) is 0 Å². The molecule has 184 valence electrons. The highest BCUT2D eigenvalue weighted by atomic mass is 16.6. The largest absolute Gasteiger partial charge is 0.497 e. The Morgan fingerprint density at radius 1 is 0.944 bits per heavy atom. The standard InChI is InChI=1S/C29H27NO6/c1-35-22-12-7-19(8-13-22)9-16-27(31)29-25(24-5-3-4-6-26(24)30(33)34)17-21(18-28(29)32)20-10-14-23(36-2)15-11-20/h3-16,21,25,29H,17-18H2,1-2H3/b16-9+/t21-,25+,29?/m1/s1. The van der Waals surface area contributed by atoms with Gasteiger partial charge in [-0.15, -0.1) is 0 Å². The first kappa shape index (κ1) is 24.9. The maximum atomic E-state index is 13.4. The van der Waals surface area contributed by atoms with E-state index < -0.39 is 16.8 Å². The first-order valence-electron chi connectivity index (χ1n) is 11.7. The van der Waals surface area contributed by atoms with Gasteiger partial charge >= 0.3 is 0 Å². The number of ketones is 2. The second-order valence-corrected chi connectivity index (χ2v) is 8.79. The topological polar surface area (TPSA) is 95.7 Å². The number of nitro benzene ring substituents is 1. The van der Waals surface area contributed by atoms with Gasteiger partial charge in [-0.3, -0.25) is 19.7 Å². The van der Waals surface area contributed by atoms with Gasteiger partial charge in [-0.1, -0.05) is 48.5 Å². The van der Waals surface area contributed by atoms with Crippen molar-refractivity contribution in [3.05, 3.63) is 106 Å². The lowest BCUT2D eigenvalue weighted by Gasteiger charge is -2.34. The molecule has 0 aromatic heterocycles. The van der Waals surface area contributed by atoms with Crippen LogP contribution in [0.3, 0.4) is 0 Å². The normalized spacial score (nSPS) is 19.7. The number of carbonyl (C=O) groups is 2. The molecule has 1 aliphatic rings. The molecule has 4 rings (SSSR count). The molecule has 0 bridgehead atoms. The summed E-state index contributed by atoms with van der Waals surface area (Å²) in [4.78, 5) is 38.2. The molecule has 36 heavy (non-hydrogen) atoms. The summed E-state index contributed by atoms with van der Waals surface area (Å²) < 4.78 is 10.4. The van der Waals surface area contributed by atoms with Crippen LogP contribution in [0.25, 0.3) is 6.08 Å². The average molecular weight is 486 g/mol. The van der Waals surface area contributed by atoms with Gasteiger partial charge in [0, 0.05) is 24.0 Å². The Bertz CT molecular complexity index is 1280. The highest BCUT2D eigenvalue weighted by Crippen LogP contribution is 2.46. The molecule has 3 aromatic rings. The number of nitrogens with zero attached hydrogens (tertiary/aromatic N) is 1. The molecular formula is C29H27NO6. The molecule has 0 radical (unpaired) electrons. The Kier molecular flexibility index (Phi) is 7.59. The molecule has 7 heteroatoms. The summed E-state index contributed by atoms with van der Waals surface area (Å²) in [6, 6.07) is 21.0. The second-order valence-electron chi connectivity index (χ2n) is 8.79. The van der Waals surface area contributed by atoms with Crippen molar-refractivity contribution in [2.75, 3.05) is 14.2 Å². The molecule has 0 aliphatic heterocycles. The number of para-hydroxylation sites is 1. The van der Waals surface area contributed by atoms with Crippen LogP contribution in [0.1, 0.15) is 41.4 Å². The van der Waals surface area contributed by atoms with Crippen molar-refractivity contribution >= 4 is 23.3 Å². The molecule has 1 unspecified atom stereocenters. The summed E-state index contributed by atoms with van der Waals surface area (Å²) in [5, 5.41) is 11.8. The number of ether oxygens (including phenoxy) is 2. The molecule has 0 N–H and O–H groups in total. The van der Waals surface area contributed by atoms with E-state index in [1.165, 1.54) is 12.1 Å². The van der Waals surface area contributed by atoms with Gasteiger partial charge in [0.15, 0.2) is 5.78 Å². The summed E-state index contributed by atoms with van der Waals surface area (Å²) in [5.74, 6) is -0.942. The van der Waals surface area contributed by atoms with E-state index in [1.807, 2.05) is 36.4 Å². The molecule has 7 nitrogen and oxygen atoms in total. The maximum absolute atomic E-state index is 13.4. The number of methoxy groups -OCH3 is 2. The minimum absolute atomic E-state index is 0.0809. The van der Waals surface area contributed by atoms with Crippen LogP contribution >= 0.6 is 0 Å². The third-order valence-electron chi connectivity index (χ3n) is 6.72. The highest BCUT2D eigenvalue weighted by molar-refractivity contribution is 6.10. The van der Waals surface area contributed by atoms with Crippen LogP contribution in [0.15, 0.2) is 78.9 Å². The predicted molar refractivity (Wildman–Crippen MR) is 136 cm³/mol. The SMILES string of the molecule is COc1ccc(/C=C/C(=O)C2C(=O)C[C@H](c3ccc(OC)cc3)C[C@H]2c2ccccc2[N+](=O)[O-])cc1. The Balaban J connectivity index is 1.68. The van der Waals surface area contributed by atoms with Gasteiger partial charge in [-0.25, -0.2) is 0 Å². The molecule has 0 heterocycles. The van der Waals surface area contributed by atoms with Gasteiger partial charge in [0.05, 0.1) is 25.1 Å². The lowest BCUT2D eigenvalue weighted by Crippen LogP contribution is -2.36. The number of allylic oxidation sites excluding steroid dienone is 1. The van der Waals surface area contributed by atoms with E-state index in [1.54, 1.807) is 50.6 Å². The summed E-state index contributed by atoms with van der Waals surface area (Å²) in [6.45, 7) is 0. The van der Waals surface area contributed by atoms with Gasteiger partial charge in [-0.2, -0.15) is 0 Å². The highest BCUT2D eigenvalue weighted by Gasteiger charge is 2.43. The summed E-state index contributed by atoms with van der Waals surface area (Å²) in [7, 11) is 3.16. The number of Topliss-reactive ketones (excluding diaryl/α,β-unsaturated/α-hetero) is 1. The van der Waals surface area contributed by atoms with Crippen LogP contribution in [-0.2, 0) is 9.59 Å². The number of nitro groups is 1. The summed E-state index contributed by atoms with van der Waals surface area (Å²) in [5.41, 5.74) is 2.05. The Labute approximate surface area is 209 Å². The minimum Gasteiger partial charge on any atom is -0.497 e. The third kappa shape index (κ3) is 5.35. The number of hydrogen-bond acceptors (Lipinski definition) is 6. The molecule has 0 amide bonds. The molecule has 0 spiro atoms. The first-order valence-corrected chi connectivity index (χ1v) is 11.7. The Morgan fingerprint density at radius 3 is 2.17 bits per heavy atom. The van der Waals surface area contributed by atoms with Crippen LogP contribution in [-0.4, -0.2) is 30.7 Å². The van der Waals surface area contributed by atoms with Gasteiger partial charge in [0.25, 0.3) is 5.69 Å². The van der Waals surface area contributed by atoms with Crippen molar-refractivity contribution in [2.24, 2.45) is 5.92 Å². The maximum Gasteiger partial charge on any atom is 0.272 e. The quantitative estimate of drug-likeness (QED) is 0.175. The van der Waals surface area contributed by atoms with Crippen molar-refractivity contribution in [2.45, 2.75) is 24.7 Å². The zero-order valence-corrected chi connectivity index (χ0v) is 20.1. The fourth-order valence-corrected chi connectivity index (χ4v) is 4.88. The van der Waals surface area contributed by atoms with E-state index in [0.717, 1.165) is 11.1 Å². The smallest absolute Gasteiger partial charge is 0.272 e. The van der Waals surface area contributed by atoms with Crippen LogP contribution in [0.5, 0.6) is 11.5 Å². The molecular weight excluding hydrogens is 458 g/mol. The van der Waals surface area contributed by atoms with Crippen molar-refractivity contribution in [1.82, 2.24) is 0 Å². The fraction of sp³-hybridized carbons (Fsp3) is 0.241. The van der Waals surface area contributed by atoms with Crippen LogP contribution in [0.4, 0.5) is 5.69 Å². The van der Waals surface area contributed by atoms with E-state index in [0.29, 0.717) is 23.5 Å². The zero-order chi connectivity index (χ0) is 25.7. The van der Waals surface area contributed by atoms with Crippen LogP contribution in [0, 0.1) is 16.0 Å². The van der Waals surface area contributed by atoms with E-state index in [-0.39, 0.29) is 29.6 Å². The Morgan fingerprint density at radius 2 is 1.56 bits per heavy atom. The molecule has 3 aromatic carbocycles. The zero-order valence-electron chi connectivity index (χ0n) is 20.1. The average Bonchev–Trinajstić information content (AvgIpc) is 2.91. The molecule has 1 saturated carbocycles. The van der Waals surface area contributed by atoms with E-state index in [2.05, 4.69) is 0 Å². The van der Waals surface area contributed by atoms with Crippen molar-refractivity contribution in [3.8, 4) is 11.5 Å². The second kappa shape index (κ2) is 11.0. The predicted octanol–water partition coefficient (Wildman–Crippen LogP) is 5.74. The van der Waals surface area contributed by atoms with Gasteiger partial charge in [0.2, 0.25) is 0 Å². The summed E-state index contributed by atoms with van der Waals surface area (Å²) in [6.07, 6.45) is 3.69. The molecule has 3 atom stereocenters. The van der Waals surface area contributed by atoms with Gasteiger partial charge in [0.1, 0.15) is 17.3 Å². The monoisotopic (exact) mass is 485 g/mol. The van der Waals surface area contributed by atoms with Crippen molar-refractivity contribution in [1.29, 1.82) is 0 Å². The lowest BCUT2D eigenvalue weighted by molar-refractivity contribution is -0.385. The summed E-state index contributed by atoms with van der Waals surface area (Å²) >= 11 is 0. The molecule has 1 fully saturated rings. The third-order valence-corrected chi connectivity index (χ3v) is 6.72. The molecule has 0 saturated heterocycles. The van der Waals surface area contributed by atoms with Crippen molar-refractivity contribution in [3.63, 3.8) is 0 Å². The minimum atomic E-state index is -0.991. The first-order chi connectivity index (χ1) is 17.4. The lowest BCUT2D eigenvalue weighted by atomic mass is 9.67.